The Morgan fingerprint density at radius 3 is 2.84 bits per heavy atom. The summed E-state index contributed by atoms with van der Waals surface area (Å²) in [6, 6.07) is 10.7. The summed E-state index contributed by atoms with van der Waals surface area (Å²) in [5, 5.41) is 6.09. The number of nitrogens with one attached hydrogen (secondary N) is 1. The van der Waals surface area contributed by atoms with Crippen molar-refractivity contribution in [3.63, 3.8) is 0 Å². The van der Waals surface area contributed by atoms with Crippen LogP contribution in [0.25, 0.3) is 0 Å². The van der Waals surface area contributed by atoms with Crippen LogP contribution >= 0.6 is 0 Å². The number of aromatic nitrogens is 2. The lowest BCUT2D eigenvalue weighted by atomic mass is 10.1. The molecule has 1 N–H and O–H groups in total. The van der Waals surface area contributed by atoms with Crippen molar-refractivity contribution in [1.82, 2.24) is 10.2 Å². The molecule has 1 aromatic carbocycles. The van der Waals surface area contributed by atoms with Crippen molar-refractivity contribution < 1.29 is 4.79 Å². The van der Waals surface area contributed by atoms with Crippen molar-refractivity contribution in [2.45, 2.75) is 19.4 Å². The quantitative estimate of drug-likeness (QED) is 0.836. The standard InChI is InChI=1S/C14H13N3O2/c1-9-8-10-4-2-3-5-12(10)17(9)14(19)11-6-7-13(18)16-15-11/h2-7,9H,8H2,1H3,(H,16,18)/t9-/m1/s1. The minimum atomic E-state index is -0.313. The fraction of sp³-hybridized carbons (Fsp3) is 0.214. The van der Waals surface area contributed by atoms with Crippen LogP contribution in [0.15, 0.2) is 41.2 Å². The molecule has 96 valence electrons. The van der Waals surface area contributed by atoms with Crippen molar-refractivity contribution in [3.05, 3.63) is 58.0 Å². The number of nitrogens with zero attached hydrogens (tertiary/aromatic N) is 2. The number of amides is 1. The maximum Gasteiger partial charge on any atom is 0.278 e. The number of H-pyrrole nitrogens is 1. The maximum absolute atomic E-state index is 12.5. The molecule has 1 amide bonds. The predicted octanol–water partition coefficient (Wildman–Crippen LogP) is 1.36. The van der Waals surface area contributed by atoms with Crippen LogP contribution in [0.4, 0.5) is 5.69 Å². The number of aromatic amines is 1. The first-order chi connectivity index (χ1) is 9.16. The van der Waals surface area contributed by atoms with E-state index in [1.807, 2.05) is 31.2 Å². The first-order valence-corrected chi connectivity index (χ1v) is 6.14. The third-order valence-electron chi connectivity index (χ3n) is 3.32. The number of benzene rings is 1. The van der Waals surface area contributed by atoms with Gasteiger partial charge < -0.3 is 4.90 Å². The number of hydrogen-bond donors (Lipinski definition) is 1. The summed E-state index contributed by atoms with van der Waals surface area (Å²) in [6.45, 7) is 2.00. The monoisotopic (exact) mass is 255 g/mol. The third kappa shape index (κ3) is 1.93. The van der Waals surface area contributed by atoms with E-state index in [9.17, 15) is 9.59 Å². The molecule has 0 radical (unpaired) electrons. The minimum absolute atomic E-state index is 0.0960. The van der Waals surface area contributed by atoms with Gasteiger partial charge in [0.2, 0.25) is 0 Å². The van der Waals surface area contributed by atoms with Gasteiger partial charge in [-0.2, -0.15) is 5.10 Å². The molecule has 5 nitrogen and oxygen atoms in total. The highest BCUT2D eigenvalue weighted by molar-refractivity contribution is 6.06. The van der Waals surface area contributed by atoms with Gasteiger partial charge >= 0.3 is 0 Å². The van der Waals surface area contributed by atoms with Crippen LogP contribution in [0.1, 0.15) is 23.0 Å². The lowest BCUT2D eigenvalue weighted by Gasteiger charge is -2.21. The molecule has 1 atom stereocenters. The van der Waals surface area contributed by atoms with E-state index in [0.717, 1.165) is 17.7 Å². The topological polar surface area (TPSA) is 66.1 Å². The van der Waals surface area contributed by atoms with Crippen LogP contribution in [0.2, 0.25) is 0 Å². The maximum atomic E-state index is 12.5. The Morgan fingerprint density at radius 2 is 2.11 bits per heavy atom. The highest BCUT2D eigenvalue weighted by Gasteiger charge is 2.31. The van der Waals surface area contributed by atoms with Gasteiger partial charge in [0, 0.05) is 17.8 Å². The molecular formula is C14H13N3O2. The zero-order chi connectivity index (χ0) is 13.4. The van der Waals surface area contributed by atoms with E-state index in [4.69, 9.17) is 0 Å². The molecule has 0 fully saturated rings. The fourth-order valence-corrected chi connectivity index (χ4v) is 2.46. The summed E-state index contributed by atoms with van der Waals surface area (Å²) in [7, 11) is 0. The van der Waals surface area contributed by atoms with E-state index in [-0.39, 0.29) is 23.2 Å². The first-order valence-electron chi connectivity index (χ1n) is 6.14. The molecule has 1 aliphatic rings. The van der Waals surface area contributed by atoms with Crippen molar-refractivity contribution in [2.75, 3.05) is 4.90 Å². The second-order valence-corrected chi connectivity index (χ2v) is 4.66. The molecule has 0 saturated carbocycles. The number of hydrogen-bond acceptors (Lipinski definition) is 3. The number of carbonyl (C=O) groups excluding carboxylic acids is 1. The van der Waals surface area contributed by atoms with Gasteiger partial charge in [-0.05, 0) is 31.0 Å². The molecular weight excluding hydrogens is 242 g/mol. The number of para-hydroxylation sites is 1. The zero-order valence-corrected chi connectivity index (χ0v) is 10.5. The van der Waals surface area contributed by atoms with Crippen LogP contribution in [-0.2, 0) is 6.42 Å². The van der Waals surface area contributed by atoms with Crippen LogP contribution in [0, 0.1) is 0 Å². The Kier molecular flexibility index (Phi) is 2.67. The van der Waals surface area contributed by atoms with Crippen molar-refractivity contribution in [1.29, 1.82) is 0 Å². The van der Waals surface area contributed by atoms with E-state index >= 15 is 0 Å². The van der Waals surface area contributed by atoms with Gasteiger partial charge in [0.25, 0.3) is 11.5 Å². The second-order valence-electron chi connectivity index (χ2n) is 4.66. The molecule has 2 aromatic rings. The highest BCUT2D eigenvalue weighted by atomic mass is 16.2. The second kappa shape index (κ2) is 4.35. The molecule has 1 aliphatic heterocycles. The third-order valence-corrected chi connectivity index (χ3v) is 3.32. The molecule has 3 rings (SSSR count). The van der Waals surface area contributed by atoms with Gasteiger partial charge in [0.1, 0.15) is 5.69 Å². The van der Waals surface area contributed by atoms with Gasteiger partial charge in [0.05, 0.1) is 0 Å². The smallest absolute Gasteiger partial charge is 0.278 e. The van der Waals surface area contributed by atoms with Gasteiger partial charge in [0.15, 0.2) is 0 Å². The predicted molar refractivity (Wildman–Crippen MR) is 71.3 cm³/mol. The van der Waals surface area contributed by atoms with Crippen molar-refractivity contribution in [2.24, 2.45) is 0 Å². The Balaban J connectivity index is 2.00. The van der Waals surface area contributed by atoms with Crippen LogP contribution in [-0.4, -0.2) is 22.1 Å². The molecule has 0 aliphatic carbocycles. The number of fused-ring (bicyclic) bond motifs is 1. The Labute approximate surface area is 109 Å². The van der Waals surface area contributed by atoms with E-state index in [1.165, 1.54) is 12.1 Å². The summed E-state index contributed by atoms with van der Waals surface area (Å²) < 4.78 is 0. The summed E-state index contributed by atoms with van der Waals surface area (Å²) in [5.74, 6) is -0.186. The minimum Gasteiger partial charge on any atom is -0.304 e. The fourth-order valence-electron chi connectivity index (χ4n) is 2.46. The lowest BCUT2D eigenvalue weighted by Crippen LogP contribution is -2.36. The number of anilines is 1. The molecule has 0 spiro atoms. The summed E-state index contributed by atoms with van der Waals surface area (Å²) in [4.78, 5) is 25.2. The average Bonchev–Trinajstić information content (AvgIpc) is 2.74. The van der Waals surface area contributed by atoms with Crippen LogP contribution in [0.5, 0.6) is 0 Å². The molecule has 0 unspecified atom stereocenters. The Hall–Kier alpha value is -2.43. The molecule has 0 saturated heterocycles. The molecule has 5 heteroatoms. The van der Waals surface area contributed by atoms with Gasteiger partial charge in [-0.1, -0.05) is 18.2 Å². The summed E-state index contributed by atoms with van der Waals surface area (Å²) >= 11 is 0. The number of rotatable bonds is 1. The van der Waals surface area contributed by atoms with Crippen LogP contribution < -0.4 is 10.5 Å². The molecule has 2 heterocycles. The normalized spacial score (nSPS) is 17.3. The zero-order valence-electron chi connectivity index (χ0n) is 10.5. The van der Waals surface area contributed by atoms with Crippen molar-refractivity contribution >= 4 is 11.6 Å². The first kappa shape index (κ1) is 11.6. The van der Waals surface area contributed by atoms with E-state index in [2.05, 4.69) is 10.2 Å². The summed E-state index contributed by atoms with van der Waals surface area (Å²) in [5.41, 5.74) is 2.02. The molecule has 19 heavy (non-hydrogen) atoms. The van der Waals surface area contributed by atoms with E-state index in [1.54, 1.807) is 4.90 Å². The SMILES string of the molecule is C[C@@H]1Cc2ccccc2N1C(=O)c1ccc(=O)[nH]n1. The number of carbonyl (C=O) groups is 1. The van der Waals surface area contributed by atoms with Gasteiger partial charge in [-0.3, -0.25) is 9.59 Å². The van der Waals surface area contributed by atoms with E-state index < -0.39 is 0 Å². The highest BCUT2D eigenvalue weighted by Crippen LogP contribution is 2.32. The molecule has 1 aromatic heterocycles. The largest absolute Gasteiger partial charge is 0.304 e. The molecule has 0 bridgehead atoms. The Bertz CT molecular complexity index is 673. The van der Waals surface area contributed by atoms with Gasteiger partial charge in [-0.15, -0.1) is 0 Å². The Morgan fingerprint density at radius 1 is 1.32 bits per heavy atom. The van der Waals surface area contributed by atoms with E-state index in [0.29, 0.717) is 0 Å². The van der Waals surface area contributed by atoms with Gasteiger partial charge in [-0.25, -0.2) is 5.10 Å². The average molecular weight is 255 g/mol. The lowest BCUT2D eigenvalue weighted by molar-refractivity contribution is 0.0975. The van der Waals surface area contributed by atoms with Crippen LogP contribution in [0.3, 0.4) is 0 Å². The summed E-state index contributed by atoms with van der Waals surface area (Å²) in [6.07, 6.45) is 0.839. The van der Waals surface area contributed by atoms with Crippen molar-refractivity contribution in [3.8, 4) is 0 Å².